The molecule has 0 atom stereocenters. The summed E-state index contributed by atoms with van der Waals surface area (Å²) < 4.78 is 30.9. The average molecular weight is 385 g/mol. The molecule has 0 heterocycles. The maximum absolute atomic E-state index is 12.1. The van der Waals surface area contributed by atoms with Crippen LogP contribution in [-0.2, 0) is 14.9 Å². The molecule has 0 saturated heterocycles. The highest BCUT2D eigenvalue weighted by Gasteiger charge is 2.12. The Balaban J connectivity index is 2.07. The Morgan fingerprint density at radius 3 is 2.07 bits per heavy atom. The molecular formula is C18H15N3O5S. The fraction of sp³-hybridized carbons (Fsp3) is 0.0556. The standard InChI is InChI=1S/C18H15N3O5S/c1-12(22)13-2-4-15(5-3-13)20-11-14(10-19)18(23)21-16-6-8-17(9-7-16)27(24,25)26/h2-9,11,20H,1H3,(H,21,23)(H,24,25,26)/b14-11-. The van der Waals surface area contributed by atoms with Crippen LogP contribution in [0, 0.1) is 11.3 Å². The molecule has 1 amide bonds. The molecule has 0 aliphatic heterocycles. The molecule has 0 aromatic heterocycles. The Morgan fingerprint density at radius 2 is 1.59 bits per heavy atom. The predicted octanol–water partition coefficient (Wildman–Crippen LogP) is 2.59. The molecule has 0 spiro atoms. The van der Waals surface area contributed by atoms with Gasteiger partial charge in [0, 0.05) is 23.1 Å². The molecule has 9 heteroatoms. The predicted molar refractivity (Wildman–Crippen MR) is 98.7 cm³/mol. The van der Waals surface area contributed by atoms with Crippen molar-refractivity contribution >= 4 is 33.2 Å². The summed E-state index contributed by atoms with van der Waals surface area (Å²) in [7, 11) is -4.32. The number of Topliss-reactive ketones (excluding diaryl/α,β-unsaturated/α-hetero) is 1. The van der Waals surface area contributed by atoms with E-state index in [1.165, 1.54) is 25.3 Å². The van der Waals surface area contributed by atoms with E-state index in [1.54, 1.807) is 30.3 Å². The number of carbonyl (C=O) groups excluding carboxylic acids is 2. The Morgan fingerprint density at radius 1 is 1.04 bits per heavy atom. The van der Waals surface area contributed by atoms with Crippen molar-refractivity contribution in [2.45, 2.75) is 11.8 Å². The van der Waals surface area contributed by atoms with Gasteiger partial charge < -0.3 is 10.6 Å². The van der Waals surface area contributed by atoms with Crippen LogP contribution in [-0.4, -0.2) is 24.7 Å². The third-order valence-electron chi connectivity index (χ3n) is 3.45. The van der Waals surface area contributed by atoms with E-state index >= 15 is 0 Å². The number of nitriles is 1. The lowest BCUT2D eigenvalue weighted by atomic mass is 10.1. The molecule has 0 aliphatic carbocycles. The fourth-order valence-electron chi connectivity index (χ4n) is 2.01. The molecule has 0 aliphatic rings. The molecule has 0 fully saturated rings. The van der Waals surface area contributed by atoms with E-state index < -0.39 is 16.0 Å². The molecule has 0 radical (unpaired) electrons. The lowest BCUT2D eigenvalue weighted by molar-refractivity contribution is -0.112. The van der Waals surface area contributed by atoms with Gasteiger partial charge in [-0.2, -0.15) is 13.7 Å². The number of benzene rings is 2. The van der Waals surface area contributed by atoms with Gasteiger partial charge >= 0.3 is 0 Å². The van der Waals surface area contributed by atoms with Gasteiger partial charge in [-0.25, -0.2) is 0 Å². The zero-order valence-corrected chi connectivity index (χ0v) is 14.9. The van der Waals surface area contributed by atoms with Gasteiger partial charge in [-0.3, -0.25) is 14.1 Å². The Hall–Kier alpha value is -3.48. The zero-order chi connectivity index (χ0) is 20.0. The number of ketones is 1. The number of nitrogens with zero attached hydrogens (tertiary/aromatic N) is 1. The summed E-state index contributed by atoms with van der Waals surface area (Å²) in [5, 5.41) is 14.4. The Labute approximate surface area is 155 Å². The second kappa shape index (κ2) is 8.27. The molecule has 3 N–H and O–H groups in total. The van der Waals surface area contributed by atoms with E-state index in [0.717, 1.165) is 12.1 Å². The zero-order valence-electron chi connectivity index (χ0n) is 14.1. The minimum atomic E-state index is -4.32. The van der Waals surface area contributed by atoms with E-state index in [2.05, 4.69) is 10.6 Å². The number of hydrogen-bond acceptors (Lipinski definition) is 6. The summed E-state index contributed by atoms with van der Waals surface area (Å²) in [6.07, 6.45) is 1.21. The van der Waals surface area contributed by atoms with Crippen molar-refractivity contribution in [3.8, 4) is 6.07 Å². The molecule has 0 unspecified atom stereocenters. The van der Waals surface area contributed by atoms with Crippen LogP contribution in [0.2, 0.25) is 0 Å². The summed E-state index contributed by atoms with van der Waals surface area (Å²) in [6, 6.07) is 13.0. The monoisotopic (exact) mass is 385 g/mol. The van der Waals surface area contributed by atoms with Crippen LogP contribution in [0.1, 0.15) is 17.3 Å². The summed E-state index contributed by atoms with van der Waals surface area (Å²) >= 11 is 0. The number of hydrogen-bond donors (Lipinski definition) is 3. The second-order valence-corrected chi connectivity index (χ2v) is 6.82. The van der Waals surface area contributed by atoms with Crippen molar-refractivity contribution in [3.05, 3.63) is 65.9 Å². The first-order chi connectivity index (χ1) is 12.7. The van der Waals surface area contributed by atoms with Crippen molar-refractivity contribution in [2.24, 2.45) is 0 Å². The van der Waals surface area contributed by atoms with E-state index in [4.69, 9.17) is 9.81 Å². The molecule has 8 nitrogen and oxygen atoms in total. The third kappa shape index (κ3) is 5.50. The molecular weight excluding hydrogens is 370 g/mol. The highest BCUT2D eigenvalue weighted by atomic mass is 32.2. The van der Waals surface area contributed by atoms with Crippen molar-refractivity contribution in [3.63, 3.8) is 0 Å². The first-order valence-corrected chi connectivity index (χ1v) is 9.01. The SMILES string of the molecule is CC(=O)c1ccc(N/C=C(/C#N)C(=O)Nc2ccc(S(=O)(=O)O)cc2)cc1. The van der Waals surface area contributed by atoms with Gasteiger partial charge in [-0.05, 0) is 55.5 Å². The summed E-state index contributed by atoms with van der Waals surface area (Å²) in [6.45, 7) is 1.45. The van der Waals surface area contributed by atoms with Crippen molar-refractivity contribution in [1.29, 1.82) is 5.26 Å². The molecule has 2 aromatic carbocycles. The second-order valence-electron chi connectivity index (χ2n) is 5.40. The van der Waals surface area contributed by atoms with Crippen LogP contribution in [0.5, 0.6) is 0 Å². The number of carbonyl (C=O) groups is 2. The molecule has 2 rings (SSSR count). The Kier molecular flexibility index (Phi) is 6.07. The minimum absolute atomic E-state index is 0.0748. The summed E-state index contributed by atoms with van der Waals surface area (Å²) in [4.78, 5) is 23.1. The first kappa shape index (κ1) is 19.8. The fourth-order valence-corrected chi connectivity index (χ4v) is 2.49. The quantitative estimate of drug-likeness (QED) is 0.301. The van der Waals surface area contributed by atoms with Crippen LogP contribution < -0.4 is 10.6 Å². The van der Waals surface area contributed by atoms with Gasteiger partial charge in [-0.15, -0.1) is 0 Å². The highest BCUT2D eigenvalue weighted by Crippen LogP contribution is 2.15. The molecule has 0 saturated carbocycles. The highest BCUT2D eigenvalue weighted by molar-refractivity contribution is 7.85. The first-order valence-electron chi connectivity index (χ1n) is 7.57. The van der Waals surface area contributed by atoms with E-state index in [1.807, 2.05) is 0 Å². The largest absolute Gasteiger partial charge is 0.360 e. The van der Waals surface area contributed by atoms with Gasteiger partial charge in [-0.1, -0.05) is 0 Å². The third-order valence-corrected chi connectivity index (χ3v) is 4.32. The minimum Gasteiger partial charge on any atom is -0.360 e. The number of rotatable bonds is 6. The maximum Gasteiger partial charge on any atom is 0.294 e. The number of anilines is 2. The lowest BCUT2D eigenvalue weighted by Crippen LogP contribution is -2.14. The van der Waals surface area contributed by atoms with E-state index in [-0.39, 0.29) is 21.9 Å². The van der Waals surface area contributed by atoms with E-state index in [0.29, 0.717) is 11.3 Å². The van der Waals surface area contributed by atoms with Crippen LogP contribution in [0.15, 0.2) is 65.2 Å². The molecule has 27 heavy (non-hydrogen) atoms. The van der Waals surface area contributed by atoms with Gasteiger partial charge in [0.15, 0.2) is 5.78 Å². The summed E-state index contributed by atoms with van der Waals surface area (Å²) in [5.74, 6) is -0.779. The van der Waals surface area contributed by atoms with Crippen LogP contribution in [0.3, 0.4) is 0 Å². The van der Waals surface area contributed by atoms with Crippen molar-refractivity contribution < 1.29 is 22.6 Å². The smallest absolute Gasteiger partial charge is 0.294 e. The number of nitrogens with one attached hydrogen (secondary N) is 2. The lowest BCUT2D eigenvalue weighted by Gasteiger charge is -2.06. The van der Waals surface area contributed by atoms with Crippen LogP contribution in [0.25, 0.3) is 0 Å². The van der Waals surface area contributed by atoms with Gasteiger partial charge in [0.1, 0.15) is 11.6 Å². The number of amides is 1. The van der Waals surface area contributed by atoms with Gasteiger partial charge in [0.2, 0.25) is 0 Å². The normalized spacial score (nSPS) is 11.4. The maximum atomic E-state index is 12.1. The van der Waals surface area contributed by atoms with Gasteiger partial charge in [0.05, 0.1) is 4.90 Å². The molecule has 138 valence electrons. The van der Waals surface area contributed by atoms with E-state index in [9.17, 15) is 18.0 Å². The topological polar surface area (TPSA) is 136 Å². The Bertz CT molecular complexity index is 1030. The van der Waals surface area contributed by atoms with Crippen LogP contribution in [0.4, 0.5) is 11.4 Å². The average Bonchev–Trinajstić information content (AvgIpc) is 2.62. The van der Waals surface area contributed by atoms with Gasteiger partial charge in [0.25, 0.3) is 16.0 Å². The summed E-state index contributed by atoms with van der Waals surface area (Å²) in [5.41, 5.74) is 1.15. The molecule has 2 aromatic rings. The van der Waals surface area contributed by atoms with Crippen molar-refractivity contribution in [1.82, 2.24) is 0 Å². The molecule has 0 bridgehead atoms. The van der Waals surface area contributed by atoms with Crippen molar-refractivity contribution in [2.75, 3.05) is 10.6 Å². The van der Waals surface area contributed by atoms with Crippen LogP contribution >= 0.6 is 0 Å².